The Hall–Kier alpha value is -2.23. The zero-order valence-corrected chi connectivity index (χ0v) is 11.3. The number of benzene rings is 1. The molecule has 0 aliphatic heterocycles. The summed E-state index contributed by atoms with van der Waals surface area (Å²) in [6.45, 7) is 5.33. The molecule has 0 bridgehead atoms. The van der Waals surface area contributed by atoms with E-state index in [1.54, 1.807) is 0 Å². The van der Waals surface area contributed by atoms with Gasteiger partial charge in [-0.25, -0.2) is 0 Å². The molecule has 100 valence electrons. The number of anilines is 1. The number of nitrogens with one attached hydrogen (secondary N) is 3. The molecule has 2 aromatic rings. The summed E-state index contributed by atoms with van der Waals surface area (Å²) in [4.78, 5) is 14.7. The summed E-state index contributed by atoms with van der Waals surface area (Å²) in [5.74, 6) is -0.0252. The Morgan fingerprint density at radius 2 is 2.16 bits per heavy atom. The minimum absolute atomic E-state index is 0.0252. The van der Waals surface area contributed by atoms with Crippen LogP contribution >= 0.6 is 0 Å². The number of carbonyl (C=O) groups excluding carboxylic acids is 1. The van der Waals surface area contributed by atoms with Crippen molar-refractivity contribution >= 4 is 11.6 Å². The first-order chi connectivity index (χ1) is 9.20. The zero-order chi connectivity index (χ0) is 13.7. The van der Waals surface area contributed by atoms with Gasteiger partial charge < -0.3 is 15.6 Å². The molecule has 0 atom stereocenters. The van der Waals surface area contributed by atoms with E-state index in [9.17, 15) is 4.79 Å². The van der Waals surface area contributed by atoms with Crippen LogP contribution in [0.4, 0.5) is 5.69 Å². The first-order valence-electron chi connectivity index (χ1n) is 6.45. The van der Waals surface area contributed by atoms with Crippen LogP contribution in [-0.2, 0) is 6.54 Å². The van der Waals surface area contributed by atoms with Crippen molar-refractivity contribution < 1.29 is 4.79 Å². The SMILES string of the molecule is CCNC(=O)c1ccc(NCc2cc[nH]c2)c(C)c1. The fourth-order valence-electron chi connectivity index (χ4n) is 1.93. The lowest BCUT2D eigenvalue weighted by Crippen LogP contribution is -2.22. The molecular weight excluding hydrogens is 238 g/mol. The lowest BCUT2D eigenvalue weighted by molar-refractivity contribution is 0.0956. The van der Waals surface area contributed by atoms with E-state index in [-0.39, 0.29) is 5.91 Å². The molecule has 0 saturated carbocycles. The van der Waals surface area contributed by atoms with E-state index < -0.39 is 0 Å². The Kier molecular flexibility index (Phi) is 4.23. The standard InChI is InChI=1S/C15H19N3O/c1-3-17-15(19)13-4-5-14(11(2)8-13)18-10-12-6-7-16-9-12/h4-9,16,18H,3,10H2,1-2H3,(H,17,19). The van der Waals surface area contributed by atoms with Crippen molar-refractivity contribution in [3.63, 3.8) is 0 Å². The van der Waals surface area contributed by atoms with Crippen LogP contribution < -0.4 is 10.6 Å². The second kappa shape index (κ2) is 6.09. The third-order valence-corrected chi connectivity index (χ3v) is 2.97. The van der Waals surface area contributed by atoms with E-state index in [0.717, 1.165) is 17.8 Å². The van der Waals surface area contributed by atoms with Gasteiger partial charge >= 0.3 is 0 Å². The molecule has 0 spiro atoms. The minimum Gasteiger partial charge on any atom is -0.381 e. The van der Waals surface area contributed by atoms with Crippen LogP contribution in [0.25, 0.3) is 0 Å². The van der Waals surface area contributed by atoms with Crippen LogP contribution in [0.1, 0.15) is 28.4 Å². The second-order valence-electron chi connectivity index (χ2n) is 4.46. The number of rotatable bonds is 5. The highest BCUT2D eigenvalue weighted by Crippen LogP contribution is 2.17. The number of aryl methyl sites for hydroxylation is 1. The molecule has 1 aromatic carbocycles. The average Bonchev–Trinajstić information content (AvgIpc) is 2.90. The summed E-state index contributed by atoms with van der Waals surface area (Å²) in [6.07, 6.45) is 3.87. The molecule has 4 nitrogen and oxygen atoms in total. The fourth-order valence-corrected chi connectivity index (χ4v) is 1.93. The molecule has 0 saturated heterocycles. The Balaban J connectivity index is 2.04. The molecule has 0 radical (unpaired) electrons. The summed E-state index contributed by atoms with van der Waals surface area (Å²) in [6, 6.07) is 7.74. The summed E-state index contributed by atoms with van der Waals surface area (Å²) in [7, 11) is 0. The average molecular weight is 257 g/mol. The van der Waals surface area contributed by atoms with Crippen LogP contribution in [0.2, 0.25) is 0 Å². The zero-order valence-electron chi connectivity index (χ0n) is 11.3. The van der Waals surface area contributed by atoms with Gasteiger partial charge in [0.15, 0.2) is 0 Å². The lowest BCUT2D eigenvalue weighted by atomic mass is 10.1. The Bertz CT molecular complexity index is 547. The van der Waals surface area contributed by atoms with E-state index in [0.29, 0.717) is 12.1 Å². The molecule has 2 rings (SSSR count). The van der Waals surface area contributed by atoms with Crippen molar-refractivity contribution in [1.82, 2.24) is 10.3 Å². The second-order valence-corrected chi connectivity index (χ2v) is 4.46. The summed E-state index contributed by atoms with van der Waals surface area (Å²) >= 11 is 0. The summed E-state index contributed by atoms with van der Waals surface area (Å²) in [5, 5.41) is 6.16. The largest absolute Gasteiger partial charge is 0.381 e. The van der Waals surface area contributed by atoms with E-state index in [1.165, 1.54) is 5.56 Å². The highest BCUT2D eigenvalue weighted by atomic mass is 16.1. The monoisotopic (exact) mass is 257 g/mol. The van der Waals surface area contributed by atoms with Crippen LogP contribution in [0, 0.1) is 6.92 Å². The van der Waals surface area contributed by atoms with Crippen molar-refractivity contribution in [3.8, 4) is 0 Å². The normalized spacial score (nSPS) is 10.2. The fraction of sp³-hybridized carbons (Fsp3) is 0.267. The first kappa shape index (κ1) is 13.2. The summed E-state index contributed by atoms with van der Waals surface area (Å²) in [5.41, 5.74) is 4.02. The van der Waals surface area contributed by atoms with Gasteiger partial charge in [0.1, 0.15) is 0 Å². The Morgan fingerprint density at radius 1 is 1.32 bits per heavy atom. The molecule has 1 aromatic heterocycles. The maximum absolute atomic E-state index is 11.7. The maximum Gasteiger partial charge on any atom is 0.251 e. The van der Waals surface area contributed by atoms with Gasteiger partial charge in [-0.1, -0.05) is 0 Å². The van der Waals surface area contributed by atoms with Crippen LogP contribution in [0.3, 0.4) is 0 Å². The smallest absolute Gasteiger partial charge is 0.251 e. The number of amides is 1. The quantitative estimate of drug-likeness (QED) is 0.771. The predicted molar refractivity (Wildman–Crippen MR) is 77.3 cm³/mol. The molecule has 1 heterocycles. The highest BCUT2D eigenvalue weighted by Gasteiger charge is 2.06. The minimum atomic E-state index is -0.0252. The van der Waals surface area contributed by atoms with Gasteiger partial charge in [0.2, 0.25) is 0 Å². The number of aromatic amines is 1. The van der Waals surface area contributed by atoms with E-state index in [2.05, 4.69) is 15.6 Å². The van der Waals surface area contributed by atoms with Crippen molar-refractivity contribution in [1.29, 1.82) is 0 Å². The maximum atomic E-state index is 11.7. The molecule has 1 amide bonds. The van der Waals surface area contributed by atoms with Crippen molar-refractivity contribution in [2.24, 2.45) is 0 Å². The summed E-state index contributed by atoms with van der Waals surface area (Å²) < 4.78 is 0. The number of aromatic nitrogens is 1. The molecule has 0 fully saturated rings. The third kappa shape index (κ3) is 3.37. The van der Waals surface area contributed by atoms with Gasteiger partial charge in [0.25, 0.3) is 5.91 Å². The van der Waals surface area contributed by atoms with E-state index in [4.69, 9.17) is 0 Å². The van der Waals surface area contributed by atoms with E-state index in [1.807, 2.05) is 50.5 Å². The molecule has 0 unspecified atom stereocenters. The molecular formula is C15H19N3O. The topological polar surface area (TPSA) is 56.9 Å². The predicted octanol–water partition coefficient (Wildman–Crippen LogP) is 2.68. The third-order valence-electron chi connectivity index (χ3n) is 2.97. The van der Waals surface area contributed by atoms with Gasteiger partial charge in [-0.15, -0.1) is 0 Å². The highest BCUT2D eigenvalue weighted by molar-refractivity contribution is 5.94. The number of hydrogen-bond donors (Lipinski definition) is 3. The number of carbonyl (C=O) groups is 1. The van der Waals surface area contributed by atoms with Crippen molar-refractivity contribution in [3.05, 3.63) is 53.3 Å². The van der Waals surface area contributed by atoms with Gasteiger partial charge in [-0.05, 0) is 49.2 Å². The van der Waals surface area contributed by atoms with Gasteiger partial charge in [0.05, 0.1) is 0 Å². The first-order valence-corrected chi connectivity index (χ1v) is 6.45. The van der Waals surface area contributed by atoms with Gasteiger partial charge in [-0.3, -0.25) is 4.79 Å². The van der Waals surface area contributed by atoms with Crippen LogP contribution in [0.5, 0.6) is 0 Å². The van der Waals surface area contributed by atoms with Gasteiger partial charge in [-0.2, -0.15) is 0 Å². The van der Waals surface area contributed by atoms with Crippen molar-refractivity contribution in [2.45, 2.75) is 20.4 Å². The molecule has 3 N–H and O–H groups in total. The number of hydrogen-bond acceptors (Lipinski definition) is 2. The molecule has 19 heavy (non-hydrogen) atoms. The molecule has 4 heteroatoms. The van der Waals surface area contributed by atoms with Gasteiger partial charge in [0, 0.05) is 36.7 Å². The molecule has 0 aliphatic rings. The van der Waals surface area contributed by atoms with Crippen molar-refractivity contribution in [2.75, 3.05) is 11.9 Å². The lowest BCUT2D eigenvalue weighted by Gasteiger charge is -2.10. The Labute approximate surface area is 113 Å². The molecule has 0 aliphatic carbocycles. The Morgan fingerprint density at radius 3 is 2.79 bits per heavy atom. The van der Waals surface area contributed by atoms with E-state index >= 15 is 0 Å². The number of H-pyrrole nitrogens is 1. The van der Waals surface area contributed by atoms with Crippen LogP contribution in [-0.4, -0.2) is 17.4 Å². The van der Waals surface area contributed by atoms with Crippen LogP contribution in [0.15, 0.2) is 36.7 Å².